The van der Waals surface area contributed by atoms with Gasteiger partial charge in [-0.25, -0.2) is 0 Å². The number of fused-ring (bicyclic) bond motifs is 1. The van der Waals surface area contributed by atoms with E-state index in [0.29, 0.717) is 11.6 Å². The predicted octanol–water partition coefficient (Wildman–Crippen LogP) is 1.32. The van der Waals surface area contributed by atoms with Crippen LogP contribution in [0, 0.1) is 0 Å². The Morgan fingerprint density at radius 3 is 3.19 bits per heavy atom. The number of nitrogens with one attached hydrogen (secondary N) is 1. The molecule has 1 aromatic carbocycles. The number of rotatable bonds is 4. The molecule has 5 heteroatoms. The van der Waals surface area contributed by atoms with E-state index in [2.05, 4.69) is 5.32 Å². The third kappa shape index (κ3) is 2.65. The standard InChI is InChI=1S/C11H12ClNO3/c12-8-1-2-10-7(3-8)4-9(16-10)5-13-6-11(14)15/h1-3,9,13H,4-6H2,(H,14,15). The normalized spacial score (nSPS) is 17.9. The third-order valence-electron chi connectivity index (χ3n) is 2.41. The van der Waals surface area contributed by atoms with E-state index in [1.165, 1.54) is 0 Å². The molecule has 0 bridgehead atoms. The van der Waals surface area contributed by atoms with Crippen molar-refractivity contribution in [3.63, 3.8) is 0 Å². The van der Waals surface area contributed by atoms with E-state index in [9.17, 15) is 4.79 Å². The Morgan fingerprint density at radius 1 is 1.62 bits per heavy atom. The summed E-state index contributed by atoms with van der Waals surface area (Å²) >= 11 is 5.87. The highest BCUT2D eigenvalue weighted by Crippen LogP contribution is 2.30. The molecule has 0 amide bonds. The smallest absolute Gasteiger partial charge is 0.317 e. The molecule has 0 spiro atoms. The van der Waals surface area contributed by atoms with Gasteiger partial charge in [0, 0.05) is 18.0 Å². The molecule has 1 aliphatic heterocycles. The second-order valence-electron chi connectivity index (χ2n) is 3.72. The van der Waals surface area contributed by atoms with Crippen molar-refractivity contribution in [3.05, 3.63) is 28.8 Å². The van der Waals surface area contributed by atoms with Crippen LogP contribution in [-0.2, 0) is 11.2 Å². The largest absolute Gasteiger partial charge is 0.488 e. The van der Waals surface area contributed by atoms with E-state index in [4.69, 9.17) is 21.4 Å². The van der Waals surface area contributed by atoms with Crippen LogP contribution in [-0.4, -0.2) is 30.3 Å². The second-order valence-corrected chi connectivity index (χ2v) is 4.16. The van der Waals surface area contributed by atoms with E-state index < -0.39 is 5.97 Å². The Labute approximate surface area is 98.2 Å². The van der Waals surface area contributed by atoms with Crippen LogP contribution in [0.3, 0.4) is 0 Å². The van der Waals surface area contributed by atoms with Crippen molar-refractivity contribution in [3.8, 4) is 5.75 Å². The van der Waals surface area contributed by atoms with Crippen molar-refractivity contribution in [1.29, 1.82) is 0 Å². The summed E-state index contributed by atoms with van der Waals surface area (Å²) in [5.41, 5.74) is 1.08. The molecule has 0 radical (unpaired) electrons. The monoisotopic (exact) mass is 241 g/mol. The highest BCUT2D eigenvalue weighted by molar-refractivity contribution is 6.30. The summed E-state index contributed by atoms with van der Waals surface area (Å²) in [6, 6.07) is 5.51. The van der Waals surface area contributed by atoms with Crippen molar-refractivity contribution < 1.29 is 14.6 Å². The van der Waals surface area contributed by atoms with Crippen LogP contribution >= 0.6 is 11.6 Å². The molecule has 0 saturated carbocycles. The number of hydrogen-bond donors (Lipinski definition) is 2. The van der Waals surface area contributed by atoms with Gasteiger partial charge in [-0.2, -0.15) is 0 Å². The average Bonchev–Trinajstić information content (AvgIpc) is 2.58. The number of halogens is 1. The number of carboxylic acid groups (broad SMARTS) is 1. The molecule has 16 heavy (non-hydrogen) atoms. The van der Waals surface area contributed by atoms with Crippen molar-refractivity contribution in [2.24, 2.45) is 0 Å². The molecule has 1 heterocycles. The Balaban J connectivity index is 1.88. The Kier molecular flexibility index (Phi) is 3.31. The number of carboxylic acids is 1. The van der Waals surface area contributed by atoms with E-state index in [-0.39, 0.29) is 12.6 Å². The fraction of sp³-hybridized carbons (Fsp3) is 0.364. The summed E-state index contributed by atoms with van der Waals surface area (Å²) < 4.78 is 5.63. The average molecular weight is 242 g/mol. The molecule has 0 aliphatic carbocycles. The molecule has 2 rings (SSSR count). The zero-order valence-electron chi connectivity index (χ0n) is 8.57. The summed E-state index contributed by atoms with van der Waals surface area (Å²) in [4.78, 5) is 10.3. The van der Waals surface area contributed by atoms with Crippen LogP contribution in [0.25, 0.3) is 0 Å². The van der Waals surface area contributed by atoms with Gasteiger partial charge < -0.3 is 15.2 Å². The first-order chi connectivity index (χ1) is 7.65. The van der Waals surface area contributed by atoms with Gasteiger partial charge in [0.1, 0.15) is 11.9 Å². The molecule has 1 aromatic rings. The van der Waals surface area contributed by atoms with E-state index in [1.54, 1.807) is 6.07 Å². The lowest BCUT2D eigenvalue weighted by Crippen LogP contribution is -2.33. The quantitative estimate of drug-likeness (QED) is 0.835. The molecule has 4 nitrogen and oxygen atoms in total. The van der Waals surface area contributed by atoms with Crippen LogP contribution in [0.2, 0.25) is 5.02 Å². The molecule has 1 aliphatic rings. The Morgan fingerprint density at radius 2 is 2.44 bits per heavy atom. The van der Waals surface area contributed by atoms with Gasteiger partial charge in [-0.15, -0.1) is 0 Å². The van der Waals surface area contributed by atoms with Crippen LogP contribution in [0.4, 0.5) is 0 Å². The topological polar surface area (TPSA) is 58.6 Å². The maximum atomic E-state index is 10.3. The zero-order valence-corrected chi connectivity index (χ0v) is 9.33. The van der Waals surface area contributed by atoms with Crippen LogP contribution < -0.4 is 10.1 Å². The minimum Gasteiger partial charge on any atom is -0.488 e. The molecule has 2 N–H and O–H groups in total. The number of hydrogen-bond acceptors (Lipinski definition) is 3. The van der Waals surface area contributed by atoms with E-state index in [1.807, 2.05) is 12.1 Å². The molecule has 0 fully saturated rings. The van der Waals surface area contributed by atoms with Gasteiger partial charge in [0.05, 0.1) is 6.54 Å². The molecular formula is C11H12ClNO3. The van der Waals surface area contributed by atoms with Gasteiger partial charge in [0.15, 0.2) is 0 Å². The van der Waals surface area contributed by atoms with E-state index >= 15 is 0 Å². The van der Waals surface area contributed by atoms with Crippen molar-refractivity contribution in [2.75, 3.05) is 13.1 Å². The zero-order chi connectivity index (χ0) is 11.5. The first-order valence-electron chi connectivity index (χ1n) is 5.03. The third-order valence-corrected chi connectivity index (χ3v) is 2.65. The maximum Gasteiger partial charge on any atom is 0.317 e. The summed E-state index contributed by atoms with van der Waals surface area (Å²) in [7, 11) is 0. The minimum absolute atomic E-state index is 0.00665. The summed E-state index contributed by atoms with van der Waals surface area (Å²) in [6.45, 7) is 0.482. The highest BCUT2D eigenvalue weighted by Gasteiger charge is 2.22. The lowest BCUT2D eigenvalue weighted by molar-refractivity contribution is -0.136. The number of carbonyl (C=O) groups is 1. The van der Waals surface area contributed by atoms with E-state index in [0.717, 1.165) is 17.7 Å². The fourth-order valence-electron chi connectivity index (χ4n) is 1.74. The molecule has 0 saturated heterocycles. The van der Waals surface area contributed by atoms with Gasteiger partial charge in [0.25, 0.3) is 0 Å². The number of aliphatic carboxylic acids is 1. The lowest BCUT2D eigenvalue weighted by Gasteiger charge is -2.10. The van der Waals surface area contributed by atoms with Crippen LogP contribution in [0.1, 0.15) is 5.56 Å². The summed E-state index contributed by atoms with van der Waals surface area (Å²) in [6.07, 6.45) is 0.760. The number of benzene rings is 1. The minimum atomic E-state index is -0.862. The van der Waals surface area contributed by atoms with Gasteiger partial charge in [0.2, 0.25) is 0 Å². The SMILES string of the molecule is O=C(O)CNCC1Cc2cc(Cl)ccc2O1. The van der Waals surface area contributed by atoms with Gasteiger partial charge in [-0.1, -0.05) is 11.6 Å². The molecular weight excluding hydrogens is 230 g/mol. The first-order valence-corrected chi connectivity index (χ1v) is 5.40. The van der Waals surface area contributed by atoms with Gasteiger partial charge in [-0.3, -0.25) is 4.79 Å². The first kappa shape index (κ1) is 11.2. The second kappa shape index (κ2) is 4.72. The molecule has 0 aromatic heterocycles. The van der Waals surface area contributed by atoms with Gasteiger partial charge in [-0.05, 0) is 23.8 Å². The van der Waals surface area contributed by atoms with Crippen molar-refractivity contribution in [1.82, 2.24) is 5.32 Å². The fourth-order valence-corrected chi connectivity index (χ4v) is 1.94. The van der Waals surface area contributed by atoms with Crippen molar-refractivity contribution >= 4 is 17.6 Å². The Hall–Kier alpha value is -1.26. The lowest BCUT2D eigenvalue weighted by atomic mass is 10.1. The Bertz CT molecular complexity index is 408. The summed E-state index contributed by atoms with van der Waals surface area (Å²) in [5, 5.41) is 12.0. The van der Waals surface area contributed by atoms with Crippen molar-refractivity contribution in [2.45, 2.75) is 12.5 Å². The maximum absolute atomic E-state index is 10.3. The molecule has 1 unspecified atom stereocenters. The summed E-state index contributed by atoms with van der Waals surface area (Å²) in [5.74, 6) is -0.0231. The highest BCUT2D eigenvalue weighted by atomic mass is 35.5. The number of ether oxygens (including phenoxy) is 1. The van der Waals surface area contributed by atoms with Gasteiger partial charge >= 0.3 is 5.97 Å². The predicted molar refractivity (Wildman–Crippen MR) is 60.1 cm³/mol. The van der Waals surface area contributed by atoms with Crippen LogP contribution in [0.15, 0.2) is 18.2 Å². The molecule has 1 atom stereocenters. The van der Waals surface area contributed by atoms with Crippen LogP contribution in [0.5, 0.6) is 5.75 Å². The molecule has 86 valence electrons.